The molecule has 0 atom stereocenters. The van der Waals surface area contributed by atoms with E-state index in [1.807, 2.05) is 25.6 Å². The SMILES string of the molecule is Cc1nn(C)c(C)c1Nc1ncnc2c1cnn2CCC#N. The van der Waals surface area contributed by atoms with Crippen molar-refractivity contribution in [1.29, 1.82) is 5.26 Å². The molecule has 0 amide bonds. The summed E-state index contributed by atoms with van der Waals surface area (Å²) in [6.45, 7) is 4.46. The van der Waals surface area contributed by atoms with Crippen LogP contribution in [0.15, 0.2) is 12.5 Å². The highest BCUT2D eigenvalue weighted by atomic mass is 15.3. The number of nitrogens with zero attached hydrogens (tertiary/aromatic N) is 7. The Bertz CT molecular complexity index is 867. The van der Waals surface area contributed by atoms with Gasteiger partial charge in [-0.05, 0) is 13.8 Å². The van der Waals surface area contributed by atoms with Crippen molar-refractivity contribution in [1.82, 2.24) is 29.5 Å². The van der Waals surface area contributed by atoms with Crippen molar-refractivity contribution < 1.29 is 0 Å². The maximum Gasteiger partial charge on any atom is 0.163 e. The molecule has 0 fully saturated rings. The molecule has 0 aromatic carbocycles. The van der Waals surface area contributed by atoms with E-state index in [0.29, 0.717) is 24.4 Å². The predicted molar refractivity (Wildman–Crippen MR) is 81.5 cm³/mol. The monoisotopic (exact) mass is 296 g/mol. The minimum atomic E-state index is 0.393. The van der Waals surface area contributed by atoms with Gasteiger partial charge in [-0.3, -0.25) is 4.68 Å². The molecule has 0 aliphatic carbocycles. The first-order valence-electron chi connectivity index (χ1n) is 6.92. The molecule has 0 aliphatic heterocycles. The number of rotatable bonds is 4. The van der Waals surface area contributed by atoms with Crippen molar-refractivity contribution in [2.45, 2.75) is 26.8 Å². The van der Waals surface area contributed by atoms with Gasteiger partial charge in [-0.1, -0.05) is 0 Å². The molecule has 22 heavy (non-hydrogen) atoms. The molecular weight excluding hydrogens is 280 g/mol. The fraction of sp³-hybridized carbons (Fsp3) is 0.357. The summed E-state index contributed by atoms with van der Waals surface area (Å²) in [7, 11) is 1.91. The summed E-state index contributed by atoms with van der Waals surface area (Å²) in [4.78, 5) is 8.58. The smallest absolute Gasteiger partial charge is 0.163 e. The van der Waals surface area contributed by atoms with Gasteiger partial charge in [0.15, 0.2) is 5.65 Å². The molecule has 3 heterocycles. The lowest BCUT2D eigenvalue weighted by Crippen LogP contribution is -2.02. The molecule has 8 nitrogen and oxygen atoms in total. The van der Waals surface area contributed by atoms with E-state index in [-0.39, 0.29) is 0 Å². The summed E-state index contributed by atoms with van der Waals surface area (Å²) >= 11 is 0. The van der Waals surface area contributed by atoms with E-state index in [2.05, 4.69) is 31.6 Å². The van der Waals surface area contributed by atoms with Gasteiger partial charge in [0.25, 0.3) is 0 Å². The lowest BCUT2D eigenvalue weighted by molar-refractivity contribution is 0.643. The van der Waals surface area contributed by atoms with Crippen molar-refractivity contribution in [3.63, 3.8) is 0 Å². The van der Waals surface area contributed by atoms with Crippen molar-refractivity contribution in [3.8, 4) is 6.07 Å². The van der Waals surface area contributed by atoms with E-state index >= 15 is 0 Å². The molecule has 3 aromatic rings. The number of hydrogen-bond donors (Lipinski definition) is 1. The Morgan fingerprint density at radius 1 is 1.32 bits per heavy atom. The first-order valence-corrected chi connectivity index (χ1v) is 6.92. The van der Waals surface area contributed by atoms with Gasteiger partial charge in [-0.15, -0.1) is 0 Å². The third-order valence-corrected chi connectivity index (χ3v) is 3.62. The van der Waals surface area contributed by atoms with Gasteiger partial charge in [0.05, 0.1) is 47.7 Å². The summed E-state index contributed by atoms with van der Waals surface area (Å²) in [5.41, 5.74) is 3.59. The molecule has 0 spiro atoms. The third kappa shape index (κ3) is 2.26. The zero-order valence-corrected chi connectivity index (χ0v) is 12.7. The molecule has 1 N–H and O–H groups in total. The number of hydrogen-bond acceptors (Lipinski definition) is 6. The molecule has 3 aromatic heterocycles. The van der Waals surface area contributed by atoms with Gasteiger partial charge in [-0.2, -0.15) is 15.5 Å². The highest BCUT2D eigenvalue weighted by Gasteiger charge is 2.14. The molecule has 0 saturated carbocycles. The Morgan fingerprint density at radius 3 is 2.82 bits per heavy atom. The molecule has 0 bridgehead atoms. The Morgan fingerprint density at radius 2 is 2.14 bits per heavy atom. The average Bonchev–Trinajstić information content (AvgIpc) is 3.02. The van der Waals surface area contributed by atoms with E-state index in [9.17, 15) is 0 Å². The van der Waals surface area contributed by atoms with E-state index in [4.69, 9.17) is 5.26 Å². The number of fused-ring (bicyclic) bond motifs is 1. The van der Waals surface area contributed by atoms with Crippen molar-refractivity contribution >= 4 is 22.5 Å². The normalized spacial score (nSPS) is 10.8. The molecule has 3 rings (SSSR count). The van der Waals surface area contributed by atoms with Gasteiger partial charge in [0, 0.05) is 7.05 Å². The van der Waals surface area contributed by atoms with Crippen molar-refractivity contribution in [2.24, 2.45) is 7.05 Å². The van der Waals surface area contributed by atoms with Gasteiger partial charge in [-0.25, -0.2) is 14.6 Å². The third-order valence-electron chi connectivity index (χ3n) is 3.62. The maximum absolute atomic E-state index is 8.70. The van der Waals surface area contributed by atoms with Gasteiger partial charge in [0.1, 0.15) is 12.1 Å². The Kier molecular flexibility index (Phi) is 3.47. The minimum Gasteiger partial charge on any atom is -0.337 e. The average molecular weight is 296 g/mol. The second kappa shape index (κ2) is 5.44. The molecule has 0 saturated heterocycles. The fourth-order valence-electron chi connectivity index (χ4n) is 2.39. The van der Waals surface area contributed by atoms with Gasteiger partial charge < -0.3 is 5.32 Å². The number of nitrogens with one attached hydrogen (secondary N) is 1. The van der Waals surface area contributed by atoms with Crippen LogP contribution in [0.3, 0.4) is 0 Å². The van der Waals surface area contributed by atoms with Crippen LogP contribution < -0.4 is 5.32 Å². The highest BCUT2D eigenvalue weighted by Crippen LogP contribution is 2.26. The van der Waals surface area contributed by atoms with Crippen LogP contribution in [0.5, 0.6) is 0 Å². The summed E-state index contributed by atoms with van der Waals surface area (Å²) < 4.78 is 3.54. The van der Waals surface area contributed by atoms with Crippen LogP contribution in [0, 0.1) is 25.2 Å². The van der Waals surface area contributed by atoms with Crippen molar-refractivity contribution in [3.05, 3.63) is 23.9 Å². The second-order valence-electron chi connectivity index (χ2n) is 5.03. The Labute approximate surface area is 127 Å². The van der Waals surface area contributed by atoms with Crippen LogP contribution in [0.2, 0.25) is 0 Å². The lowest BCUT2D eigenvalue weighted by atomic mass is 10.3. The fourth-order valence-corrected chi connectivity index (χ4v) is 2.39. The van der Waals surface area contributed by atoms with Crippen LogP contribution in [-0.4, -0.2) is 29.5 Å². The zero-order chi connectivity index (χ0) is 15.7. The van der Waals surface area contributed by atoms with E-state index < -0.39 is 0 Å². The molecule has 112 valence electrons. The number of aryl methyl sites for hydroxylation is 3. The highest BCUT2D eigenvalue weighted by molar-refractivity contribution is 5.88. The van der Waals surface area contributed by atoms with Crippen LogP contribution >= 0.6 is 0 Å². The molecule has 0 radical (unpaired) electrons. The first kappa shape index (κ1) is 14.0. The van der Waals surface area contributed by atoms with Crippen molar-refractivity contribution in [2.75, 3.05) is 5.32 Å². The quantitative estimate of drug-likeness (QED) is 0.789. The zero-order valence-electron chi connectivity index (χ0n) is 12.7. The number of aromatic nitrogens is 6. The van der Waals surface area contributed by atoms with Gasteiger partial charge >= 0.3 is 0 Å². The Balaban J connectivity index is 2.01. The molecular formula is C14H16N8. The molecule has 8 heteroatoms. The Hall–Kier alpha value is -2.95. The van der Waals surface area contributed by atoms with E-state index in [0.717, 1.165) is 22.5 Å². The van der Waals surface area contributed by atoms with Crippen LogP contribution in [0.25, 0.3) is 11.0 Å². The van der Waals surface area contributed by atoms with Crippen LogP contribution in [0.1, 0.15) is 17.8 Å². The summed E-state index contributed by atoms with van der Waals surface area (Å²) in [6, 6.07) is 2.11. The predicted octanol–water partition coefficient (Wildman–Crippen LogP) is 1.83. The summed E-state index contributed by atoms with van der Waals surface area (Å²) in [5, 5.41) is 21.5. The minimum absolute atomic E-state index is 0.393. The largest absolute Gasteiger partial charge is 0.337 e. The van der Waals surface area contributed by atoms with Crippen LogP contribution in [-0.2, 0) is 13.6 Å². The van der Waals surface area contributed by atoms with Crippen LogP contribution in [0.4, 0.5) is 11.5 Å². The summed E-state index contributed by atoms with van der Waals surface area (Å²) in [6.07, 6.45) is 3.61. The first-order chi connectivity index (χ1) is 10.6. The second-order valence-corrected chi connectivity index (χ2v) is 5.03. The van der Waals surface area contributed by atoms with E-state index in [1.54, 1.807) is 10.9 Å². The summed E-state index contributed by atoms with van der Waals surface area (Å²) in [5.74, 6) is 0.687. The number of anilines is 2. The lowest BCUT2D eigenvalue weighted by Gasteiger charge is -2.07. The number of nitriles is 1. The van der Waals surface area contributed by atoms with Gasteiger partial charge in [0.2, 0.25) is 0 Å². The van der Waals surface area contributed by atoms with E-state index in [1.165, 1.54) is 6.33 Å². The maximum atomic E-state index is 8.70. The standard InChI is InChI=1S/C14H16N8/c1-9-12(10(2)21(3)20-9)19-13-11-7-18-22(6-4-5-15)14(11)17-8-16-13/h7-8H,4,6H2,1-3H3,(H,16,17,19). The molecule has 0 unspecified atom stereocenters. The topological polar surface area (TPSA) is 97.2 Å². The molecule has 0 aliphatic rings.